The number of phenols is 4. The Morgan fingerprint density at radius 2 is 1.00 bits per heavy atom. The van der Waals surface area contributed by atoms with Crippen molar-refractivity contribution in [2.24, 2.45) is 0 Å². The molecular weight excluding hydrogens is 324 g/mol. The van der Waals surface area contributed by atoms with Crippen LogP contribution in [0.25, 0.3) is 0 Å². The Balaban J connectivity index is 2.56. The van der Waals surface area contributed by atoms with E-state index in [0.29, 0.717) is 0 Å². The van der Waals surface area contributed by atoms with Gasteiger partial charge >= 0.3 is 0 Å². The van der Waals surface area contributed by atoms with E-state index in [1.165, 1.54) is 0 Å². The molecule has 9 heteroatoms. The number of phenolic OH excluding ortho intramolecular Hbond substituents is 4. The molecule has 24 heavy (non-hydrogen) atoms. The summed E-state index contributed by atoms with van der Waals surface area (Å²) in [5.41, 5.74) is -1.83. The zero-order valence-corrected chi connectivity index (χ0v) is 12.0. The lowest BCUT2D eigenvalue weighted by Crippen LogP contribution is -2.49. The summed E-state index contributed by atoms with van der Waals surface area (Å²) in [4.78, 5) is 12.2. The van der Waals surface area contributed by atoms with Gasteiger partial charge in [0.05, 0.1) is 11.1 Å². The molecule has 2 rings (SSSR count). The maximum Gasteiger partial charge on any atom is 0.261 e. The van der Waals surface area contributed by atoms with Crippen molar-refractivity contribution < 1.29 is 45.6 Å². The predicted molar refractivity (Wildman–Crippen MR) is 76.8 cm³/mol. The van der Waals surface area contributed by atoms with Crippen LogP contribution in [-0.2, 0) is 16.4 Å². The average molecular weight is 338 g/mol. The van der Waals surface area contributed by atoms with E-state index >= 15 is 0 Å². The summed E-state index contributed by atoms with van der Waals surface area (Å²) in [6, 6.07) is 5.83. The van der Waals surface area contributed by atoms with Crippen molar-refractivity contribution in [1.29, 1.82) is 0 Å². The van der Waals surface area contributed by atoms with E-state index in [1.54, 1.807) is 0 Å². The number of rotatable bonds is 4. The molecule has 0 amide bonds. The number of ketones is 1. The van der Waals surface area contributed by atoms with Gasteiger partial charge in [-0.1, -0.05) is 12.1 Å². The molecular formula is C15H14O9. The van der Waals surface area contributed by atoms with Gasteiger partial charge in [0, 0.05) is 0 Å². The minimum atomic E-state index is -3.63. The monoisotopic (exact) mass is 338 g/mol. The van der Waals surface area contributed by atoms with Gasteiger partial charge in [-0.15, -0.1) is 0 Å². The van der Waals surface area contributed by atoms with Crippen molar-refractivity contribution in [2.45, 2.75) is 11.6 Å². The van der Waals surface area contributed by atoms with E-state index in [9.17, 15) is 45.6 Å². The third-order valence-electron chi connectivity index (χ3n) is 3.41. The number of carbonyl (C=O) groups is 1. The summed E-state index contributed by atoms with van der Waals surface area (Å²) in [7, 11) is 0. The Bertz CT molecular complexity index is 730. The number of aromatic hydroxyl groups is 4. The number of hydrogen-bond donors (Lipinski definition) is 8. The van der Waals surface area contributed by atoms with Crippen molar-refractivity contribution in [3.63, 3.8) is 0 Å². The minimum absolute atomic E-state index is 0.783. The highest BCUT2D eigenvalue weighted by atomic mass is 16.5. The highest BCUT2D eigenvalue weighted by Crippen LogP contribution is 2.41. The van der Waals surface area contributed by atoms with E-state index in [4.69, 9.17) is 0 Å². The smallest absolute Gasteiger partial charge is 0.261 e. The van der Waals surface area contributed by atoms with Crippen LogP contribution in [0.1, 0.15) is 11.1 Å². The van der Waals surface area contributed by atoms with Gasteiger partial charge in [0.2, 0.25) is 0 Å². The SMILES string of the molecule is O=C(C(O)(O)c1cccc(O)c1O)C(O)(O)c1cccc(O)c1O. The van der Waals surface area contributed by atoms with Gasteiger partial charge in [0.1, 0.15) is 0 Å². The molecule has 0 atom stereocenters. The van der Waals surface area contributed by atoms with Gasteiger partial charge in [-0.05, 0) is 24.3 Å². The molecule has 0 spiro atoms. The second-order valence-corrected chi connectivity index (χ2v) is 5.02. The average Bonchev–Trinajstić information content (AvgIpc) is 2.51. The first-order chi connectivity index (χ1) is 11.0. The fourth-order valence-corrected chi connectivity index (χ4v) is 2.11. The van der Waals surface area contributed by atoms with Crippen molar-refractivity contribution in [1.82, 2.24) is 0 Å². The molecule has 0 unspecified atom stereocenters. The summed E-state index contributed by atoms with van der Waals surface area (Å²) in [5.74, 6) is -13.0. The minimum Gasteiger partial charge on any atom is -0.504 e. The number of hydrogen-bond acceptors (Lipinski definition) is 9. The summed E-state index contributed by atoms with van der Waals surface area (Å²) >= 11 is 0. The number of benzene rings is 2. The first kappa shape index (κ1) is 17.5. The Kier molecular flexibility index (Phi) is 4.12. The van der Waals surface area contributed by atoms with Crippen molar-refractivity contribution in [3.8, 4) is 23.0 Å². The molecule has 8 N–H and O–H groups in total. The fraction of sp³-hybridized carbons (Fsp3) is 0.133. The standard InChI is InChI=1S/C15H14O9/c16-9-5-1-3-7(11(9)18)14(21,22)13(20)15(23,24)8-4-2-6-10(17)12(8)19/h1-6,16-19,21-24H. The van der Waals surface area contributed by atoms with E-state index in [0.717, 1.165) is 36.4 Å². The highest BCUT2D eigenvalue weighted by Gasteiger charge is 2.52. The molecule has 0 aromatic heterocycles. The van der Waals surface area contributed by atoms with Crippen molar-refractivity contribution >= 4 is 5.78 Å². The van der Waals surface area contributed by atoms with E-state index in [1.807, 2.05) is 0 Å². The lowest BCUT2D eigenvalue weighted by Gasteiger charge is -2.29. The summed E-state index contributed by atoms with van der Waals surface area (Å²) in [6.07, 6.45) is 0. The highest BCUT2D eigenvalue weighted by molar-refractivity contribution is 5.94. The molecule has 9 nitrogen and oxygen atoms in total. The molecule has 128 valence electrons. The molecule has 0 saturated heterocycles. The third kappa shape index (κ3) is 2.61. The van der Waals surface area contributed by atoms with Crippen LogP contribution in [0.3, 0.4) is 0 Å². The Morgan fingerprint density at radius 1 is 0.667 bits per heavy atom. The van der Waals surface area contributed by atoms with Gasteiger partial charge in [0.15, 0.2) is 23.0 Å². The first-order valence-electron chi connectivity index (χ1n) is 6.48. The molecule has 0 aliphatic carbocycles. The van der Waals surface area contributed by atoms with Crippen LogP contribution in [0.4, 0.5) is 0 Å². The van der Waals surface area contributed by atoms with Crippen LogP contribution in [0.2, 0.25) is 0 Å². The van der Waals surface area contributed by atoms with E-state index in [2.05, 4.69) is 0 Å². The zero-order valence-electron chi connectivity index (χ0n) is 12.0. The van der Waals surface area contributed by atoms with Crippen LogP contribution in [0.5, 0.6) is 23.0 Å². The quantitative estimate of drug-likeness (QED) is 0.258. The van der Waals surface area contributed by atoms with Crippen LogP contribution >= 0.6 is 0 Å². The van der Waals surface area contributed by atoms with Crippen LogP contribution in [-0.4, -0.2) is 46.6 Å². The summed E-state index contributed by atoms with van der Waals surface area (Å²) < 4.78 is 0. The molecule has 0 aliphatic heterocycles. The Hall–Kier alpha value is -2.85. The van der Waals surface area contributed by atoms with Gasteiger partial charge < -0.3 is 40.9 Å². The summed E-state index contributed by atoms with van der Waals surface area (Å²) in [5, 5.41) is 78.0. The van der Waals surface area contributed by atoms with Crippen LogP contribution in [0, 0.1) is 0 Å². The Morgan fingerprint density at radius 3 is 1.33 bits per heavy atom. The fourth-order valence-electron chi connectivity index (χ4n) is 2.11. The molecule has 0 fully saturated rings. The van der Waals surface area contributed by atoms with Gasteiger partial charge in [-0.3, -0.25) is 4.79 Å². The second kappa shape index (κ2) is 5.65. The number of para-hydroxylation sites is 2. The van der Waals surface area contributed by atoms with E-state index in [-0.39, 0.29) is 0 Å². The number of carbonyl (C=O) groups excluding carboxylic acids is 1. The zero-order chi connectivity index (χ0) is 18.3. The molecule has 0 heterocycles. The van der Waals surface area contributed by atoms with Crippen molar-refractivity contribution in [3.05, 3.63) is 47.5 Å². The predicted octanol–water partition coefficient (Wildman–Crippen LogP) is -0.947. The topological polar surface area (TPSA) is 179 Å². The van der Waals surface area contributed by atoms with Gasteiger partial charge in [-0.25, -0.2) is 0 Å². The normalized spacial score (nSPS) is 12.2. The molecule has 0 bridgehead atoms. The van der Waals surface area contributed by atoms with Crippen LogP contribution < -0.4 is 0 Å². The third-order valence-corrected chi connectivity index (χ3v) is 3.41. The van der Waals surface area contributed by atoms with E-state index < -0.39 is 51.5 Å². The van der Waals surface area contributed by atoms with Crippen LogP contribution in [0.15, 0.2) is 36.4 Å². The Labute approximate surface area is 134 Å². The van der Waals surface area contributed by atoms with Crippen molar-refractivity contribution in [2.75, 3.05) is 0 Å². The number of Topliss-reactive ketones (excluding diaryl/α,β-unsaturated/α-hetero) is 1. The summed E-state index contributed by atoms with van der Waals surface area (Å²) in [6.45, 7) is 0. The molecule has 0 radical (unpaired) electrons. The number of aliphatic hydroxyl groups is 4. The maximum atomic E-state index is 12.2. The lowest BCUT2D eigenvalue weighted by atomic mass is 9.90. The molecule has 2 aromatic carbocycles. The molecule has 2 aromatic rings. The van der Waals surface area contributed by atoms with Gasteiger partial charge in [-0.2, -0.15) is 0 Å². The molecule has 0 aliphatic rings. The second-order valence-electron chi connectivity index (χ2n) is 5.02. The largest absolute Gasteiger partial charge is 0.504 e. The maximum absolute atomic E-state index is 12.2. The van der Waals surface area contributed by atoms with Gasteiger partial charge in [0.25, 0.3) is 17.4 Å². The first-order valence-corrected chi connectivity index (χ1v) is 6.48. The lowest BCUT2D eigenvalue weighted by molar-refractivity contribution is -0.239. The molecule has 0 saturated carbocycles.